The van der Waals surface area contributed by atoms with Crippen molar-refractivity contribution in [3.05, 3.63) is 60.3 Å². The van der Waals surface area contributed by atoms with Crippen molar-refractivity contribution >= 4 is 40.0 Å². The minimum Gasteiger partial charge on any atom is -0.338 e. The maximum absolute atomic E-state index is 12.9. The summed E-state index contributed by atoms with van der Waals surface area (Å²) < 4.78 is 1.88. The number of anilines is 2. The Kier molecular flexibility index (Phi) is 4.08. The van der Waals surface area contributed by atoms with Crippen LogP contribution >= 0.6 is 0 Å². The molecule has 1 unspecified atom stereocenters. The van der Waals surface area contributed by atoms with E-state index in [-0.39, 0.29) is 24.3 Å². The number of carbonyl (C=O) groups is 3. The van der Waals surface area contributed by atoms with Crippen molar-refractivity contribution in [2.24, 2.45) is 0 Å². The molecule has 3 amide bonds. The summed E-state index contributed by atoms with van der Waals surface area (Å²) in [5.41, 5.74) is 2.42. The number of amides is 3. The van der Waals surface area contributed by atoms with Gasteiger partial charge in [-0.2, -0.15) is 0 Å². The summed E-state index contributed by atoms with van der Waals surface area (Å²) in [6.45, 7) is 0.747. The van der Waals surface area contributed by atoms with Crippen LogP contribution in [0.3, 0.4) is 0 Å². The maximum atomic E-state index is 12.9. The Labute approximate surface area is 167 Å². The van der Waals surface area contributed by atoms with Crippen LogP contribution in [0.15, 0.2) is 54.7 Å². The first-order valence-corrected chi connectivity index (χ1v) is 9.70. The fourth-order valence-corrected chi connectivity index (χ4v) is 4.19. The zero-order valence-electron chi connectivity index (χ0n) is 15.7. The molecule has 1 aromatic heterocycles. The zero-order valence-corrected chi connectivity index (χ0v) is 15.7. The molecule has 0 saturated carbocycles. The van der Waals surface area contributed by atoms with Crippen molar-refractivity contribution in [3.63, 3.8) is 0 Å². The number of benzene rings is 2. The molecule has 1 atom stereocenters. The van der Waals surface area contributed by atoms with E-state index in [1.165, 1.54) is 0 Å². The van der Waals surface area contributed by atoms with Crippen molar-refractivity contribution in [2.45, 2.75) is 25.4 Å². The predicted octanol–water partition coefficient (Wildman–Crippen LogP) is 2.84. The van der Waals surface area contributed by atoms with Crippen molar-refractivity contribution in [2.75, 3.05) is 17.2 Å². The quantitative estimate of drug-likeness (QED) is 0.724. The van der Waals surface area contributed by atoms with Crippen molar-refractivity contribution < 1.29 is 14.4 Å². The molecule has 2 aromatic carbocycles. The molecule has 3 aromatic rings. The highest BCUT2D eigenvalue weighted by atomic mass is 16.2. The molecule has 0 aliphatic carbocycles. The van der Waals surface area contributed by atoms with Crippen LogP contribution in [0.4, 0.5) is 11.4 Å². The van der Waals surface area contributed by atoms with Crippen LogP contribution in [0.5, 0.6) is 0 Å². The Hall–Kier alpha value is -3.61. The molecule has 7 nitrogen and oxygen atoms in total. The van der Waals surface area contributed by atoms with Gasteiger partial charge in [-0.05, 0) is 48.6 Å². The van der Waals surface area contributed by atoms with E-state index in [9.17, 15) is 14.4 Å². The van der Waals surface area contributed by atoms with Crippen LogP contribution in [0.1, 0.15) is 23.2 Å². The molecule has 0 radical (unpaired) electrons. The van der Waals surface area contributed by atoms with E-state index in [0.29, 0.717) is 29.9 Å². The van der Waals surface area contributed by atoms with Crippen LogP contribution < -0.4 is 10.6 Å². The SMILES string of the molecule is O=C(Cn1ccc2ccccc21)Nc1ccc2c(c1)C(=O)N1CCCC1C(=O)N2. The molecule has 0 spiro atoms. The summed E-state index contributed by atoms with van der Waals surface area (Å²) in [6.07, 6.45) is 3.38. The third-order valence-electron chi connectivity index (χ3n) is 5.60. The van der Waals surface area contributed by atoms with E-state index in [4.69, 9.17) is 0 Å². The first kappa shape index (κ1) is 17.5. The van der Waals surface area contributed by atoms with Gasteiger partial charge in [0, 0.05) is 23.9 Å². The fraction of sp³-hybridized carbons (Fsp3) is 0.227. The van der Waals surface area contributed by atoms with Crippen LogP contribution in [0, 0.1) is 0 Å². The lowest BCUT2D eigenvalue weighted by atomic mass is 10.1. The number of hydrogen-bond donors (Lipinski definition) is 2. The first-order valence-electron chi connectivity index (χ1n) is 9.70. The summed E-state index contributed by atoms with van der Waals surface area (Å²) in [7, 11) is 0. The van der Waals surface area contributed by atoms with Gasteiger partial charge in [0.2, 0.25) is 11.8 Å². The van der Waals surface area contributed by atoms with Crippen LogP contribution in [-0.4, -0.2) is 39.8 Å². The average molecular weight is 388 g/mol. The highest BCUT2D eigenvalue weighted by Crippen LogP contribution is 2.30. The van der Waals surface area contributed by atoms with Gasteiger partial charge < -0.3 is 20.1 Å². The number of nitrogens with zero attached hydrogens (tertiary/aromatic N) is 2. The smallest absolute Gasteiger partial charge is 0.256 e. The van der Waals surface area contributed by atoms with Gasteiger partial charge in [-0.1, -0.05) is 18.2 Å². The highest BCUT2D eigenvalue weighted by Gasteiger charge is 2.38. The van der Waals surface area contributed by atoms with Gasteiger partial charge in [0.05, 0.1) is 11.3 Å². The number of hydrogen-bond acceptors (Lipinski definition) is 3. The standard InChI is InChI=1S/C22H20N4O3/c27-20(13-25-11-9-14-4-1-2-5-18(14)25)23-15-7-8-17-16(12-15)22(29)26-10-3-6-19(26)21(28)24-17/h1-2,4-5,7-9,11-12,19H,3,6,10,13H2,(H,23,27)(H,24,28). The lowest BCUT2D eigenvalue weighted by Gasteiger charge is -2.20. The molecule has 2 aliphatic rings. The Balaban J connectivity index is 1.37. The van der Waals surface area contributed by atoms with Crippen molar-refractivity contribution in [3.8, 4) is 0 Å². The summed E-state index contributed by atoms with van der Waals surface area (Å²) in [4.78, 5) is 39.5. The second-order valence-electron chi connectivity index (χ2n) is 7.46. The van der Waals surface area contributed by atoms with Crippen LogP contribution in [-0.2, 0) is 16.1 Å². The molecule has 3 heterocycles. The third kappa shape index (κ3) is 3.04. The van der Waals surface area contributed by atoms with Crippen LogP contribution in [0.25, 0.3) is 10.9 Å². The second-order valence-corrected chi connectivity index (χ2v) is 7.46. The Morgan fingerprint density at radius 1 is 1.14 bits per heavy atom. The highest BCUT2D eigenvalue weighted by molar-refractivity contribution is 6.11. The van der Waals surface area contributed by atoms with Gasteiger partial charge in [-0.3, -0.25) is 14.4 Å². The van der Waals surface area contributed by atoms with Gasteiger partial charge >= 0.3 is 0 Å². The Bertz CT molecular complexity index is 1150. The van der Waals surface area contributed by atoms with Crippen LogP contribution in [0.2, 0.25) is 0 Å². The largest absolute Gasteiger partial charge is 0.338 e. The molecular formula is C22H20N4O3. The Morgan fingerprint density at radius 2 is 2.00 bits per heavy atom. The predicted molar refractivity (Wildman–Crippen MR) is 110 cm³/mol. The van der Waals surface area contributed by atoms with E-state index < -0.39 is 6.04 Å². The first-order chi connectivity index (χ1) is 14.1. The van der Waals surface area contributed by atoms with E-state index >= 15 is 0 Å². The summed E-state index contributed by atoms with van der Waals surface area (Å²) in [6, 6.07) is 14.5. The summed E-state index contributed by atoms with van der Waals surface area (Å²) in [5.74, 6) is -0.505. The van der Waals surface area contributed by atoms with Gasteiger partial charge in [0.25, 0.3) is 5.91 Å². The maximum Gasteiger partial charge on any atom is 0.256 e. The minimum absolute atomic E-state index is 0.147. The van der Waals surface area contributed by atoms with Gasteiger partial charge in [0.15, 0.2) is 0 Å². The number of nitrogens with one attached hydrogen (secondary N) is 2. The molecule has 1 saturated heterocycles. The second kappa shape index (κ2) is 6.77. The lowest BCUT2D eigenvalue weighted by Crippen LogP contribution is -2.40. The number of aromatic nitrogens is 1. The third-order valence-corrected chi connectivity index (χ3v) is 5.60. The van der Waals surface area contributed by atoms with Gasteiger partial charge in [-0.15, -0.1) is 0 Å². The van der Waals surface area contributed by atoms with Crippen molar-refractivity contribution in [1.82, 2.24) is 9.47 Å². The van der Waals surface area contributed by atoms with Gasteiger partial charge in [0.1, 0.15) is 12.6 Å². The van der Waals surface area contributed by atoms with E-state index in [1.54, 1.807) is 23.1 Å². The van der Waals surface area contributed by atoms with E-state index in [1.807, 2.05) is 41.1 Å². The molecular weight excluding hydrogens is 368 g/mol. The fourth-order valence-electron chi connectivity index (χ4n) is 4.19. The number of carbonyl (C=O) groups excluding carboxylic acids is 3. The molecule has 2 aliphatic heterocycles. The normalized spacial score (nSPS) is 18.2. The molecule has 146 valence electrons. The summed E-state index contributed by atoms with van der Waals surface area (Å²) >= 11 is 0. The number of rotatable bonds is 3. The molecule has 29 heavy (non-hydrogen) atoms. The lowest BCUT2D eigenvalue weighted by molar-refractivity contribution is -0.119. The van der Waals surface area contributed by atoms with E-state index in [2.05, 4.69) is 10.6 Å². The molecule has 1 fully saturated rings. The molecule has 0 bridgehead atoms. The van der Waals surface area contributed by atoms with Gasteiger partial charge in [-0.25, -0.2) is 0 Å². The van der Waals surface area contributed by atoms with E-state index in [0.717, 1.165) is 17.3 Å². The number of fused-ring (bicyclic) bond motifs is 3. The summed E-state index contributed by atoms with van der Waals surface area (Å²) in [5, 5.41) is 6.78. The topological polar surface area (TPSA) is 83.4 Å². The monoisotopic (exact) mass is 388 g/mol. The molecule has 2 N–H and O–H groups in total. The number of para-hydroxylation sites is 1. The molecule has 7 heteroatoms. The average Bonchev–Trinajstić information content (AvgIpc) is 3.34. The zero-order chi connectivity index (χ0) is 20.0. The molecule has 5 rings (SSSR count). The van der Waals surface area contributed by atoms with Crippen molar-refractivity contribution in [1.29, 1.82) is 0 Å². The minimum atomic E-state index is -0.407. The Morgan fingerprint density at radius 3 is 2.90 bits per heavy atom.